The fraction of sp³-hybridized carbons (Fsp3) is 0.368. The third-order valence-electron chi connectivity index (χ3n) is 4.71. The molecule has 2 heterocycles. The molecule has 7 nitrogen and oxygen atoms in total. The van der Waals surface area contributed by atoms with E-state index in [1.54, 1.807) is 11.0 Å². The number of halogens is 1. The molecule has 27 heavy (non-hydrogen) atoms. The summed E-state index contributed by atoms with van der Waals surface area (Å²) in [7, 11) is 1.52. The number of nitriles is 1. The third-order valence-corrected chi connectivity index (χ3v) is 4.71. The Morgan fingerprint density at radius 2 is 2.07 bits per heavy atom. The van der Waals surface area contributed by atoms with Gasteiger partial charge in [-0.2, -0.15) is 10.4 Å². The molecule has 0 spiro atoms. The van der Waals surface area contributed by atoms with E-state index in [0.717, 1.165) is 23.1 Å². The highest BCUT2D eigenvalue weighted by Crippen LogP contribution is 2.23. The van der Waals surface area contributed by atoms with Gasteiger partial charge in [0.05, 0.1) is 11.6 Å². The lowest BCUT2D eigenvalue weighted by molar-refractivity contribution is 0.182. The van der Waals surface area contributed by atoms with Crippen LogP contribution in [-0.4, -0.2) is 33.8 Å². The molecule has 0 saturated carbocycles. The van der Waals surface area contributed by atoms with E-state index in [4.69, 9.17) is 5.26 Å². The van der Waals surface area contributed by atoms with Crippen LogP contribution < -0.4 is 10.9 Å². The van der Waals surface area contributed by atoms with Gasteiger partial charge in [0.2, 0.25) is 0 Å². The molecule has 0 bridgehead atoms. The molecule has 1 aromatic heterocycles. The number of piperidine rings is 1. The third kappa shape index (κ3) is 4.70. The van der Waals surface area contributed by atoms with Gasteiger partial charge in [-0.25, -0.2) is 13.9 Å². The van der Waals surface area contributed by atoms with Gasteiger partial charge < -0.3 is 4.90 Å². The maximum atomic E-state index is 13.6. The summed E-state index contributed by atoms with van der Waals surface area (Å²) in [4.78, 5) is 25.4. The van der Waals surface area contributed by atoms with E-state index in [2.05, 4.69) is 10.4 Å². The van der Waals surface area contributed by atoms with Crippen molar-refractivity contribution in [1.29, 1.82) is 5.26 Å². The first-order chi connectivity index (χ1) is 12.9. The lowest BCUT2D eigenvalue weighted by Gasteiger charge is -2.32. The molecule has 0 unspecified atom stereocenters. The highest BCUT2D eigenvalue weighted by atomic mass is 19.1. The molecule has 3 rings (SSSR count). The molecule has 140 valence electrons. The number of nitrogens with zero attached hydrogens (tertiary/aromatic N) is 4. The van der Waals surface area contributed by atoms with Crippen LogP contribution in [-0.2, 0) is 13.5 Å². The molecule has 2 aromatic rings. The van der Waals surface area contributed by atoms with Gasteiger partial charge in [-0.05, 0) is 55.0 Å². The molecule has 2 amide bonds. The van der Waals surface area contributed by atoms with Gasteiger partial charge in [0.25, 0.3) is 5.56 Å². The summed E-state index contributed by atoms with van der Waals surface area (Å²) in [5, 5.41) is 15.6. The van der Waals surface area contributed by atoms with Crippen LogP contribution in [0, 0.1) is 23.1 Å². The van der Waals surface area contributed by atoms with Gasteiger partial charge in [0.1, 0.15) is 5.82 Å². The maximum absolute atomic E-state index is 13.6. The number of aryl methyl sites for hydroxylation is 1. The second-order valence-electron chi connectivity index (χ2n) is 6.71. The van der Waals surface area contributed by atoms with Crippen molar-refractivity contribution in [2.75, 3.05) is 18.4 Å². The number of carbonyl (C=O) groups is 1. The van der Waals surface area contributed by atoms with E-state index in [9.17, 15) is 14.0 Å². The Labute approximate surface area is 156 Å². The predicted octanol–water partition coefficient (Wildman–Crippen LogP) is 2.28. The van der Waals surface area contributed by atoms with E-state index in [0.29, 0.717) is 36.8 Å². The molecule has 8 heteroatoms. The van der Waals surface area contributed by atoms with E-state index in [-0.39, 0.29) is 11.6 Å². The smallest absolute Gasteiger partial charge is 0.323 e. The monoisotopic (exact) mass is 369 g/mol. The number of benzene rings is 1. The molecule has 1 aliphatic rings. The average Bonchev–Trinajstić information content (AvgIpc) is 2.64. The number of amides is 2. The number of hydrogen-bond donors (Lipinski definition) is 1. The van der Waals surface area contributed by atoms with Crippen LogP contribution in [0.15, 0.2) is 35.1 Å². The van der Waals surface area contributed by atoms with Crippen LogP contribution in [0.25, 0.3) is 0 Å². The minimum Gasteiger partial charge on any atom is -0.324 e. The minimum atomic E-state index is -0.398. The first-order valence-electron chi connectivity index (χ1n) is 8.74. The molecule has 1 N–H and O–H groups in total. The van der Waals surface area contributed by atoms with Gasteiger partial charge in [0, 0.05) is 26.2 Å². The summed E-state index contributed by atoms with van der Waals surface area (Å²) >= 11 is 0. The molecule has 0 atom stereocenters. The molecule has 1 aliphatic heterocycles. The van der Waals surface area contributed by atoms with Crippen molar-refractivity contribution in [3.05, 3.63) is 57.6 Å². The Kier molecular flexibility index (Phi) is 5.50. The van der Waals surface area contributed by atoms with Crippen molar-refractivity contribution in [2.24, 2.45) is 13.0 Å². The van der Waals surface area contributed by atoms with Crippen LogP contribution >= 0.6 is 0 Å². The Balaban J connectivity index is 1.54. The van der Waals surface area contributed by atoms with Crippen molar-refractivity contribution in [1.82, 2.24) is 14.7 Å². The topological polar surface area (TPSA) is 91.0 Å². The van der Waals surface area contributed by atoms with Gasteiger partial charge in [-0.3, -0.25) is 10.1 Å². The minimum absolute atomic E-state index is 0.245. The number of likely N-dealkylation sites (tertiary alicyclic amines) is 1. The van der Waals surface area contributed by atoms with E-state index < -0.39 is 5.82 Å². The first-order valence-corrected chi connectivity index (χ1v) is 8.74. The Hall–Kier alpha value is -3.21. The normalized spacial score (nSPS) is 14.6. The number of anilines is 1. The Morgan fingerprint density at radius 1 is 1.33 bits per heavy atom. The van der Waals surface area contributed by atoms with Crippen molar-refractivity contribution < 1.29 is 9.18 Å². The fourth-order valence-electron chi connectivity index (χ4n) is 3.26. The maximum Gasteiger partial charge on any atom is 0.323 e. The summed E-state index contributed by atoms with van der Waals surface area (Å²) in [6, 6.07) is 8.95. The molecule has 0 aliphatic carbocycles. The SMILES string of the molecule is Cn1nc(NC(=O)N2CCC(Cc3cc(F)cc(C#N)c3)CC2)ccc1=O. The standard InChI is InChI=1S/C19H20FN5O2/c1-24-18(26)3-2-17(23-24)22-19(27)25-6-4-13(5-7-25)8-14-9-15(12-21)11-16(20)10-14/h2-3,9-11,13H,4-8H2,1H3,(H,22,23,27). The quantitative estimate of drug-likeness (QED) is 0.899. The van der Waals surface area contributed by atoms with Gasteiger partial charge in [-0.1, -0.05) is 0 Å². The van der Waals surface area contributed by atoms with Gasteiger partial charge in [-0.15, -0.1) is 0 Å². The zero-order chi connectivity index (χ0) is 19.4. The van der Waals surface area contributed by atoms with Crippen LogP contribution in [0.3, 0.4) is 0 Å². The largest absolute Gasteiger partial charge is 0.324 e. The van der Waals surface area contributed by atoms with Gasteiger partial charge >= 0.3 is 6.03 Å². The molecule has 1 saturated heterocycles. The summed E-state index contributed by atoms with van der Waals surface area (Å²) in [5.74, 6) is 0.261. The lowest BCUT2D eigenvalue weighted by atomic mass is 9.90. The van der Waals surface area contributed by atoms with Crippen molar-refractivity contribution in [3.63, 3.8) is 0 Å². The fourth-order valence-corrected chi connectivity index (χ4v) is 3.26. The summed E-state index contributed by atoms with van der Waals surface area (Å²) in [6.45, 7) is 1.17. The van der Waals surface area contributed by atoms with Gasteiger partial charge in [0.15, 0.2) is 5.82 Å². The molecular formula is C19H20FN5O2. The lowest BCUT2D eigenvalue weighted by Crippen LogP contribution is -2.41. The van der Waals surface area contributed by atoms with Crippen LogP contribution in [0.1, 0.15) is 24.0 Å². The summed E-state index contributed by atoms with van der Waals surface area (Å²) in [5.41, 5.74) is 0.890. The molecule has 1 fully saturated rings. The Bertz CT molecular complexity index is 942. The van der Waals surface area contributed by atoms with Crippen molar-refractivity contribution in [2.45, 2.75) is 19.3 Å². The second kappa shape index (κ2) is 7.99. The average molecular weight is 369 g/mol. The number of aromatic nitrogens is 2. The molecule has 1 aromatic carbocycles. The number of urea groups is 1. The Morgan fingerprint density at radius 3 is 2.74 bits per heavy atom. The number of hydrogen-bond acceptors (Lipinski definition) is 4. The summed E-state index contributed by atoms with van der Waals surface area (Å²) < 4.78 is 14.7. The molecular weight excluding hydrogens is 349 g/mol. The van der Waals surface area contributed by atoms with E-state index >= 15 is 0 Å². The van der Waals surface area contributed by atoms with Crippen LogP contribution in [0.5, 0.6) is 0 Å². The van der Waals surface area contributed by atoms with Crippen LogP contribution in [0.4, 0.5) is 15.0 Å². The van der Waals surface area contributed by atoms with Crippen molar-refractivity contribution in [3.8, 4) is 6.07 Å². The zero-order valence-electron chi connectivity index (χ0n) is 15.0. The van der Waals surface area contributed by atoms with E-state index in [1.165, 1.54) is 31.3 Å². The highest BCUT2D eigenvalue weighted by molar-refractivity contribution is 5.88. The number of carbonyl (C=O) groups excluding carboxylic acids is 1. The predicted molar refractivity (Wildman–Crippen MR) is 97.6 cm³/mol. The number of rotatable bonds is 3. The summed E-state index contributed by atoms with van der Waals surface area (Å²) in [6.07, 6.45) is 2.28. The number of nitrogens with one attached hydrogen (secondary N) is 1. The molecule has 0 radical (unpaired) electrons. The van der Waals surface area contributed by atoms with Crippen LogP contribution in [0.2, 0.25) is 0 Å². The zero-order valence-corrected chi connectivity index (χ0v) is 15.0. The highest BCUT2D eigenvalue weighted by Gasteiger charge is 2.23. The first kappa shape index (κ1) is 18.6. The van der Waals surface area contributed by atoms with E-state index in [1.807, 2.05) is 6.07 Å². The van der Waals surface area contributed by atoms with Crippen molar-refractivity contribution >= 4 is 11.8 Å². The second-order valence-corrected chi connectivity index (χ2v) is 6.71.